The van der Waals surface area contributed by atoms with E-state index in [0.29, 0.717) is 0 Å². The second-order valence-electron chi connectivity index (χ2n) is 2.48. The number of aliphatic carboxylic acids is 3. The van der Waals surface area contributed by atoms with Gasteiger partial charge in [-0.3, -0.25) is 9.59 Å². The smallest absolute Gasteiger partial charge is 0.336 e. The molecule has 0 rings (SSSR count). The van der Waals surface area contributed by atoms with Crippen molar-refractivity contribution < 1.29 is 34.8 Å². The third-order valence-electron chi connectivity index (χ3n) is 1.29. The summed E-state index contributed by atoms with van der Waals surface area (Å²) < 4.78 is 0. The summed E-state index contributed by atoms with van der Waals surface area (Å²) in [5, 5.41) is 33.8. The second-order valence-corrected chi connectivity index (χ2v) is 2.48. The van der Waals surface area contributed by atoms with Crippen molar-refractivity contribution in [2.45, 2.75) is 25.9 Å². The fourth-order valence-corrected chi connectivity index (χ4v) is 0.714. The fraction of sp³-hybridized carbons (Fsp3) is 0.571. The van der Waals surface area contributed by atoms with Crippen LogP contribution in [0.1, 0.15) is 20.3 Å². The molecule has 14 heavy (non-hydrogen) atoms. The molecule has 0 aromatic rings. The molecule has 0 heterocycles. The number of aliphatic hydroxyl groups is 1. The zero-order valence-corrected chi connectivity index (χ0v) is 6.43. The summed E-state index contributed by atoms with van der Waals surface area (Å²) in [5.41, 5.74) is -2.74. The van der Waals surface area contributed by atoms with E-state index in [0.717, 1.165) is 0 Å². The fourth-order valence-electron chi connectivity index (χ4n) is 0.714. The third-order valence-corrected chi connectivity index (χ3v) is 1.29. The van der Waals surface area contributed by atoms with Crippen LogP contribution in [0.5, 0.6) is 0 Å². The van der Waals surface area contributed by atoms with Gasteiger partial charge in [0.15, 0.2) is 5.60 Å². The zero-order valence-electron chi connectivity index (χ0n) is 6.43. The van der Waals surface area contributed by atoms with Gasteiger partial charge >= 0.3 is 17.9 Å². The van der Waals surface area contributed by atoms with Crippen LogP contribution in [0.25, 0.3) is 0 Å². The molecule has 7 heteroatoms. The highest BCUT2D eigenvalue weighted by Gasteiger charge is 2.40. The van der Waals surface area contributed by atoms with Crippen LogP contribution in [0, 0.1) is 0 Å². The molecule has 0 unspecified atom stereocenters. The third kappa shape index (κ3) is 4.41. The molecule has 0 aliphatic carbocycles. The predicted octanol–water partition coefficient (Wildman–Crippen LogP) is -0.612. The molecule has 0 saturated carbocycles. The number of hydrogen-bond acceptors (Lipinski definition) is 4. The number of rotatable bonds is 5. The molecule has 0 amide bonds. The van der Waals surface area contributed by atoms with E-state index in [1.807, 2.05) is 0 Å². The molecule has 0 aromatic heterocycles. The maximum absolute atomic E-state index is 10.3. The number of carbonyl (C=O) groups is 3. The monoisotopic (exact) mass is 208 g/mol. The van der Waals surface area contributed by atoms with E-state index in [2.05, 4.69) is 0 Å². The molecular formula is C7H12O7. The van der Waals surface area contributed by atoms with Crippen LogP contribution < -0.4 is 0 Å². The maximum Gasteiger partial charge on any atom is 0.336 e. The van der Waals surface area contributed by atoms with E-state index in [9.17, 15) is 14.4 Å². The van der Waals surface area contributed by atoms with Crippen LogP contribution in [0.3, 0.4) is 0 Å². The minimum Gasteiger partial charge on any atom is -0.481 e. The van der Waals surface area contributed by atoms with Gasteiger partial charge in [-0.25, -0.2) is 4.79 Å². The van der Waals surface area contributed by atoms with Crippen molar-refractivity contribution in [2.24, 2.45) is 0 Å². The van der Waals surface area contributed by atoms with E-state index in [4.69, 9.17) is 20.4 Å². The SMILES string of the molecule is C.O=C(O)CC(O)(CC(=O)O)C(=O)O. The maximum atomic E-state index is 10.3. The molecule has 0 aromatic carbocycles. The average molecular weight is 208 g/mol. The Hall–Kier alpha value is -1.63. The standard InChI is InChI=1S/C6H8O7.CH4/c7-3(8)1-6(13,5(11)12)2-4(9)10;/h13H,1-2H2,(H,7,8)(H,9,10)(H,11,12);1H4. The molecule has 4 N–H and O–H groups in total. The number of carboxylic acid groups (broad SMARTS) is 3. The van der Waals surface area contributed by atoms with Crippen molar-refractivity contribution in [2.75, 3.05) is 0 Å². The van der Waals surface area contributed by atoms with Gasteiger partial charge in [-0.2, -0.15) is 0 Å². The Morgan fingerprint density at radius 3 is 1.36 bits per heavy atom. The first kappa shape index (κ1) is 14.9. The number of hydrogen-bond donors (Lipinski definition) is 4. The minimum absolute atomic E-state index is 0. The Morgan fingerprint density at radius 2 is 1.21 bits per heavy atom. The lowest BCUT2D eigenvalue weighted by Gasteiger charge is -2.18. The van der Waals surface area contributed by atoms with Crippen molar-refractivity contribution in [1.29, 1.82) is 0 Å². The summed E-state index contributed by atoms with van der Waals surface area (Å²) in [6, 6.07) is 0. The van der Waals surface area contributed by atoms with Gasteiger partial charge in [-0.1, -0.05) is 7.43 Å². The average Bonchev–Trinajstić information content (AvgIpc) is 1.82. The van der Waals surface area contributed by atoms with Crippen LogP contribution in [-0.4, -0.2) is 43.9 Å². The Morgan fingerprint density at radius 1 is 0.929 bits per heavy atom. The van der Waals surface area contributed by atoms with E-state index in [-0.39, 0.29) is 7.43 Å². The van der Waals surface area contributed by atoms with Crippen molar-refractivity contribution in [3.63, 3.8) is 0 Å². The molecule has 0 saturated heterocycles. The van der Waals surface area contributed by atoms with Gasteiger partial charge < -0.3 is 20.4 Å². The first-order chi connectivity index (χ1) is 5.78. The first-order valence-corrected chi connectivity index (χ1v) is 3.17. The van der Waals surface area contributed by atoms with Gasteiger partial charge in [0, 0.05) is 0 Å². The summed E-state index contributed by atoms with van der Waals surface area (Å²) in [6.07, 6.45) is -2.29. The van der Waals surface area contributed by atoms with Crippen LogP contribution >= 0.6 is 0 Å². The highest BCUT2D eigenvalue weighted by Crippen LogP contribution is 2.15. The quantitative estimate of drug-likeness (QED) is 0.473. The summed E-state index contributed by atoms with van der Waals surface area (Å²) in [7, 11) is 0. The first-order valence-electron chi connectivity index (χ1n) is 3.17. The number of carboxylic acids is 3. The lowest BCUT2D eigenvalue weighted by atomic mass is 9.96. The molecule has 0 bridgehead atoms. The molecule has 82 valence electrons. The molecule has 0 aliphatic heterocycles. The molecule has 0 spiro atoms. The van der Waals surface area contributed by atoms with E-state index in [1.54, 1.807) is 0 Å². The van der Waals surface area contributed by atoms with Gasteiger partial charge in [0.2, 0.25) is 0 Å². The Balaban J connectivity index is 0. The van der Waals surface area contributed by atoms with Crippen LogP contribution in [-0.2, 0) is 14.4 Å². The van der Waals surface area contributed by atoms with E-state index < -0.39 is 36.4 Å². The van der Waals surface area contributed by atoms with Crippen molar-refractivity contribution in [3.05, 3.63) is 0 Å². The molecular weight excluding hydrogens is 196 g/mol. The van der Waals surface area contributed by atoms with Crippen molar-refractivity contribution in [1.82, 2.24) is 0 Å². The summed E-state index contributed by atoms with van der Waals surface area (Å²) in [5.74, 6) is -5.02. The van der Waals surface area contributed by atoms with Gasteiger partial charge in [-0.15, -0.1) is 0 Å². The van der Waals surface area contributed by atoms with Crippen LogP contribution in [0.2, 0.25) is 0 Å². The lowest BCUT2D eigenvalue weighted by molar-refractivity contribution is -0.170. The van der Waals surface area contributed by atoms with Crippen molar-refractivity contribution >= 4 is 17.9 Å². The van der Waals surface area contributed by atoms with Gasteiger partial charge in [0.25, 0.3) is 0 Å². The summed E-state index contributed by atoms with van der Waals surface area (Å²) in [4.78, 5) is 30.5. The Labute approximate surface area is 79.6 Å². The Bertz CT molecular complexity index is 228. The topological polar surface area (TPSA) is 132 Å². The van der Waals surface area contributed by atoms with Gasteiger partial charge in [-0.05, 0) is 0 Å². The molecule has 0 atom stereocenters. The zero-order chi connectivity index (χ0) is 10.6. The normalized spacial score (nSPS) is 10.1. The van der Waals surface area contributed by atoms with Crippen LogP contribution in [0.4, 0.5) is 0 Å². The molecule has 0 fully saturated rings. The highest BCUT2D eigenvalue weighted by molar-refractivity contribution is 5.88. The molecule has 0 radical (unpaired) electrons. The van der Waals surface area contributed by atoms with E-state index in [1.165, 1.54) is 0 Å². The van der Waals surface area contributed by atoms with E-state index >= 15 is 0 Å². The van der Waals surface area contributed by atoms with Crippen LogP contribution in [0.15, 0.2) is 0 Å². The highest BCUT2D eigenvalue weighted by atomic mass is 16.4. The summed E-state index contributed by atoms with van der Waals surface area (Å²) >= 11 is 0. The second kappa shape index (κ2) is 5.18. The van der Waals surface area contributed by atoms with Gasteiger partial charge in [0.1, 0.15) is 0 Å². The Kier molecular flexibility index (Phi) is 5.50. The largest absolute Gasteiger partial charge is 0.481 e. The van der Waals surface area contributed by atoms with Crippen molar-refractivity contribution in [3.8, 4) is 0 Å². The van der Waals surface area contributed by atoms with Gasteiger partial charge in [0.05, 0.1) is 12.8 Å². The predicted molar refractivity (Wildman–Crippen MR) is 43.8 cm³/mol. The molecule has 0 aliphatic rings. The molecule has 7 nitrogen and oxygen atoms in total. The minimum atomic E-state index is -2.74. The lowest BCUT2D eigenvalue weighted by Crippen LogP contribution is -2.42. The summed E-state index contributed by atoms with van der Waals surface area (Å²) in [6.45, 7) is 0.